The number of hydrogen-bond acceptors (Lipinski definition) is 3. The summed E-state index contributed by atoms with van der Waals surface area (Å²) >= 11 is 15.1. The topological polar surface area (TPSA) is 35.0 Å². The van der Waals surface area contributed by atoms with Crippen LogP contribution in [-0.2, 0) is 0 Å². The largest absolute Gasteiger partial charge is 0.437 e. The Bertz CT molecular complexity index is 695. The lowest BCUT2D eigenvalue weighted by atomic mass is 10.2. The van der Waals surface area contributed by atoms with E-state index in [0.717, 1.165) is 0 Å². The summed E-state index contributed by atoms with van der Waals surface area (Å²) in [6.45, 7) is 5.63. The molecule has 0 aliphatic rings. The zero-order chi connectivity index (χ0) is 15.7. The maximum absolute atomic E-state index is 13.6. The van der Waals surface area contributed by atoms with Crippen LogP contribution in [0, 0.1) is 12.7 Å². The summed E-state index contributed by atoms with van der Waals surface area (Å²) in [7, 11) is 0. The summed E-state index contributed by atoms with van der Waals surface area (Å²) in [5.74, 6) is 0.643. The van der Waals surface area contributed by atoms with E-state index in [1.807, 2.05) is 13.8 Å². The minimum Gasteiger partial charge on any atom is -0.437 e. The molecule has 0 atom stereocenters. The number of rotatable bonds is 3. The van der Waals surface area contributed by atoms with Crippen LogP contribution in [0.2, 0.25) is 10.2 Å². The van der Waals surface area contributed by atoms with Crippen LogP contribution in [0.1, 0.15) is 31.2 Å². The monoisotopic (exact) mass is 392 g/mol. The molecule has 2 aromatic rings. The molecule has 0 aliphatic heterocycles. The first-order valence-corrected chi connectivity index (χ1v) is 7.71. The second kappa shape index (κ2) is 6.46. The molecule has 112 valence electrons. The summed E-state index contributed by atoms with van der Waals surface area (Å²) in [5, 5.41) is 0.323. The van der Waals surface area contributed by atoms with Crippen LogP contribution < -0.4 is 4.74 Å². The molecule has 0 bridgehead atoms. The highest BCUT2D eigenvalue weighted by atomic mass is 79.9. The van der Waals surface area contributed by atoms with E-state index in [0.29, 0.717) is 26.9 Å². The van der Waals surface area contributed by atoms with Gasteiger partial charge in [0.05, 0.1) is 9.50 Å². The number of nitrogens with zero attached hydrogens (tertiary/aromatic N) is 2. The Balaban J connectivity index is 2.46. The minimum absolute atomic E-state index is 0.00883. The predicted octanol–water partition coefficient (Wildman–Crippen LogP) is 5.91. The smallest absolute Gasteiger partial charge is 0.227 e. The second-order valence-corrected chi connectivity index (χ2v) is 6.38. The Hall–Kier alpha value is -0.910. The van der Waals surface area contributed by atoms with Crippen LogP contribution in [0.3, 0.4) is 0 Å². The summed E-state index contributed by atoms with van der Waals surface area (Å²) < 4.78 is 19.7. The van der Waals surface area contributed by atoms with E-state index >= 15 is 0 Å². The standard InChI is InChI=1S/C14H12BrCl2FN2O/c1-6(2)13-19-12(17)7(3)14(20-13)21-11-5-10(18)9(16)4-8(11)15/h4-6H,1-3H3. The zero-order valence-corrected chi connectivity index (χ0v) is 14.6. The van der Waals surface area contributed by atoms with Gasteiger partial charge in [0.25, 0.3) is 0 Å². The molecule has 1 aromatic carbocycles. The lowest BCUT2D eigenvalue weighted by Gasteiger charge is -2.13. The Morgan fingerprint density at radius 2 is 1.90 bits per heavy atom. The molecule has 0 N–H and O–H groups in total. The quantitative estimate of drug-likeness (QED) is 0.480. The van der Waals surface area contributed by atoms with Crippen molar-refractivity contribution in [2.75, 3.05) is 0 Å². The molecule has 0 fully saturated rings. The lowest BCUT2D eigenvalue weighted by Crippen LogP contribution is -2.03. The molecule has 3 nitrogen and oxygen atoms in total. The SMILES string of the molecule is Cc1c(Cl)nc(C(C)C)nc1Oc1cc(F)c(Cl)cc1Br. The van der Waals surface area contributed by atoms with Gasteiger partial charge in [-0.15, -0.1) is 0 Å². The molecule has 1 heterocycles. The van der Waals surface area contributed by atoms with E-state index in [4.69, 9.17) is 27.9 Å². The molecule has 2 rings (SSSR count). The highest BCUT2D eigenvalue weighted by Crippen LogP contribution is 2.35. The molecule has 0 saturated carbocycles. The molecule has 0 unspecified atom stereocenters. The highest BCUT2D eigenvalue weighted by molar-refractivity contribution is 9.10. The van der Waals surface area contributed by atoms with Gasteiger partial charge < -0.3 is 4.74 Å². The first-order valence-electron chi connectivity index (χ1n) is 6.16. The van der Waals surface area contributed by atoms with Gasteiger partial charge in [-0.05, 0) is 28.9 Å². The van der Waals surface area contributed by atoms with Crippen LogP contribution in [0.25, 0.3) is 0 Å². The van der Waals surface area contributed by atoms with Crippen molar-refractivity contribution in [1.29, 1.82) is 0 Å². The normalized spacial score (nSPS) is 11.0. The molecule has 0 spiro atoms. The Labute approximate surface area is 140 Å². The molecule has 0 radical (unpaired) electrons. The summed E-state index contributed by atoms with van der Waals surface area (Å²) in [4.78, 5) is 8.52. The van der Waals surface area contributed by atoms with E-state index in [1.54, 1.807) is 6.92 Å². The van der Waals surface area contributed by atoms with E-state index in [9.17, 15) is 4.39 Å². The second-order valence-electron chi connectivity index (χ2n) is 4.76. The van der Waals surface area contributed by atoms with Crippen LogP contribution in [0.5, 0.6) is 11.6 Å². The third kappa shape index (κ3) is 3.65. The third-order valence-corrected chi connectivity index (χ3v) is 4.03. The molecule has 0 amide bonds. The van der Waals surface area contributed by atoms with Gasteiger partial charge in [-0.25, -0.2) is 9.37 Å². The summed E-state index contributed by atoms with van der Waals surface area (Å²) in [5.41, 5.74) is 0.586. The number of ether oxygens (including phenoxy) is 1. The van der Waals surface area contributed by atoms with E-state index in [2.05, 4.69) is 25.9 Å². The zero-order valence-electron chi connectivity index (χ0n) is 11.5. The maximum atomic E-state index is 13.6. The lowest BCUT2D eigenvalue weighted by molar-refractivity contribution is 0.445. The van der Waals surface area contributed by atoms with Crippen molar-refractivity contribution in [2.24, 2.45) is 0 Å². The molecule has 0 aliphatic carbocycles. The highest BCUT2D eigenvalue weighted by Gasteiger charge is 2.16. The third-order valence-electron chi connectivity index (χ3n) is 2.76. The van der Waals surface area contributed by atoms with Gasteiger partial charge in [-0.2, -0.15) is 4.98 Å². The summed E-state index contributed by atoms with van der Waals surface area (Å²) in [6, 6.07) is 2.62. The van der Waals surface area contributed by atoms with E-state index in [-0.39, 0.29) is 16.7 Å². The Morgan fingerprint density at radius 3 is 2.52 bits per heavy atom. The van der Waals surface area contributed by atoms with Crippen molar-refractivity contribution in [3.8, 4) is 11.6 Å². The van der Waals surface area contributed by atoms with Crippen molar-refractivity contribution in [2.45, 2.75) is 26.7 Å². The number of halogens is 4. The number of aromatic nitrogens is 2. The molecule has 7 heteroatoms. The Kier molecular flexibility index (Phi) is 5.07. The van der Waals surface area contributed by atoms with Crippen molar-refractivity contribution in [3.63, 3.8) is 0 Å². The van der Waals surface area contributed by atoms with Gasteiger partial charge in [0.15, 0.2) is 0 Å². The van der Waals surface area contributed by atoms with Crippen molar-refractivity contribution >= 4 is 39.1 Å². The van der Waals surface area contributed by atoms with Crippen molar-refractivity contribution in [3.05, 3.63) is 44.0 Å². The van der Waals surface area contributed by atoms with E-state index < -0.39 is 5.82 Å². The van der Waals surface area contributed by atoms with Crippen molar-refractivity contribution in [1.82, 2.24) is 9.97 Å². The van der Waals surface area contributed by atoms with Gasteiger partial charge >= 0.3 is 0 Å². The average Bonchev–Trinajstić information content (AvgIpc) is 2.40. The molecule has 21 heavy (non-hydrogen) atoms. The van der Waals surface area contributed by atoms with Gasteiger partial charge in [-0.3, -0.25) is 0 Å². The maximum Gasteiger partial charge on any atom is 0.227 e. The molecule has 1 aromatic heterocycles. The molecular formula is C14H12BrCl2FN2O. The van der Waals surface area contributed by atoms with Gasteiger partial charge in [0.1, 0.15) is 22.5 Å². The Morgan fingerprint density at radius 1 is 1.24 bits per heavy atom. The number of hydrogen-bond donors (Lipinski definition) is 0. The fourth-order valence-electron chi connectivity index (χ4n) is 1.53. The fourth-order valence-corrected chi connectivity index (χ4v) is 2.42. The summed E-state index contributed by atoms with van der Waals surface area (Å²) in [6.07, 6.45) is 0. The average molecular weight is 394 g/mol. The first kappa shape index (κ1) is 16.5. The first-order chi connectivity index (χ1) is 9.79. The molecular weight excluding hydrogens is 382 g/mol. The minimum atomic E-state index is -0.572. The van der Waals surface area contributed by atoms with Gasteiger partial charge in [0, 0.05) is 17.5 Å². The number of benzene rings is 1. The van der Waals surface area contributed by atoms with Gasteiger partial charge in [0.2, 0.25) is 5.88 Å². The van der Waals surface area contributed by atoms with Gasteiger partial charge in [-0.1, -0.05) is 37.0 Å². The van der Waals surface area contributed by atoms with Crippen LogP contribution in [-0.4, -0.2) is 9.97 Å². The fraction of sp³-hybridized carbons (Fsp3) is 0.286. The van der Waals surface area contributed by atoms with Crippen LogP contribution in [0.4, 0.5) is 4.39 Å². The van der Waals surface area contributed by atoms with Crippen molar-refractivity contribution < 1.29 is 9.13 Å². The molecule has 0 saturated heterocycles. The predicted molar refractivity (Wildman–Crippen MR) is 85.1 cm³/mol. The van der Waals surface area contributed by atoms with E-state index in [1.165, 1.54) is 12.1 Å². The van der Waals surface area contributed by atoms with Crippen LogP contribution >= 0.6 is 39.1 Å². The van der Waals surface area contributed by atoms with Crippen LogP contribution in [0.15, 0.2) is 16.6 Å².